The van der Waals surface area contributed by atoms with Gasteiger partial charge in [0.05, 0.1) is 30.1 Å². The van der Waals surface area contributed by atoms with Crippen molar-refractivity contribution in [3.8, 4) is 0 Å². The second-order valence-corrected chi connectivity index (χ2v) is 9.49. The van der Waals surface area contributed by atoms with Crippen LogP contribution in [-0.4, -0.2) is 63.5 Å². The van der Waals surface area contributed by atoms with Gasteiger partial charge in [0.15, 0.2) is 11.4 Å². The molecule has 36 heavy (non-hydrogen) atoms. The molecule has 1 saturated heterocycles. The first-order valence-corrected chi connectivity index (χ1v) is 11.7. The molecule has 5 rings (SSSR count). The minimum Gasteiger partial charge on any atom is -0.339 e. The molecule has 8 nitrogen and oxygen atoms in total. The number of aromatic amines is 1. The summed E-state index contributed by atoms with van der Waals surface area (Å²) in [6, 6.07) is 6.63. The molecule has 0 aliphatic carbocycles. The van der Waals surface area contributed by atoms with Crippen LogP contribution in [-0.2, 0) is 15.0 Å². The summed E-state index contributed by atoms with van der Waals surface area (Å²) in [6.07, 6.45) is -2.82. The van der Waals surface area contributed by atoms with Gasteiger partial charge in [-0.05, 0) is 31.0 Å². The van der Waals surface area contributed by atoms with Gasteiger partial charge in [-0.2, -0.15) is 18.3 Å². The standard InChI is InChI=1S/C24H21ClF3N5O3/c25-17-2-1-3-18-19(17)23(22(36)33(18)13-16(34)4-5-24(26,27)28)6-8-32(9-7-23)21(35)15-10-14-12-30-31-20(14)29-11-15/h1-3,10-12H,4-9,13H2,(H,29,30,31). The van der Waals surface area contributed by atoms with Crippen LogP contribution >= 0.6 is 11.6 Å². The third kappa shape index (κ3) is 4.21. The van der Waals surface area contributed by atoms with Crippen LogP contribution in [0.3, 0.4) is 0 Å². The number of amides is 2. The SMILES string of the molecule is O=C(CCC(F)(F)F)CN1C(=O)C2(CCN(C(=O)c3cnc4[nH]ncc4c3)CC2)c2c(Cl)cccc21. The Labute approximate surface area is 208 Å². The number of piperidine rings is 1. The van der Waals surface area contributed by atoms with Gasteiger partial charge in [-0.15, -0.1) is 0 Å². The monoisotopic (exact) mass is 519 g/mol. The van der Waals surface area contributed by atoms with E-state index in [0.717, 1.165) is 0 Å². The van der Waals surface area contributed by atoms with Crippen molar-refractivity contribution < 1.29 is 27.6 Å². The summed E-state index contributed by atoms with van der Waals surface area (Å²) >= 11 is 6.51. The van der Waals surface area contributed by atoms with Gasteiger partial charge in [0, 0.05) is 47.4 Å². The van der Waals surface area contributed by atoms with Gasteiger partial charge in [-0.1, -0.05) is 17.7 Å². The number of carbonyl (C=O) groups excluding carboxylic acids is 3. The number of anilines is 1. The van der Waals surface area contributed by atoms with Crippen LogP contribution in [0.2, 0.25) is 5.02 Å². The van der Waals surface area contributed by atoms with E-state index in [2.05, 4.69) is 15.2 Å². The molecular formula is C24H21ClF3N5O3. The number of fused-ring (bicyclic) bond motifs is 3. The van der Waals surface area contributed by atoms with Crippen LogP contribution in [0.1, 0.15) is 41.6 Å². The Morgan fingerprint density at radius 3 is 2.64 bits per heavy atom. The summed E-state index contributed by atoms with van der Waals surface area (Å²) in [5.74, 6) is -1.29. The number of alkyl halides is 3. The number of H-pyrrole nitrogens is 1. The summed E-state index contributed by atoms with van der Waals surface area (Å²) < 4.78 is 37.7. The van der Waals surface area contributed by atoms with Crippen molar-refractivity contribution in [2.75, 3.05) is 24.5 Å². The second-order valence-electron chi connectivity index (χ2n) is 9.09. The summed E-state index contributed by atoms with van der Waals surface area (Å²) in [5, 5.41) is 7.68. The smallest absolute Gasteiger partial charge is 0.339 e. The summed E-state index contributed by atoms with van der Waals surface area (Å²) in [6.45, 7) is 0.0616. The molecule has 0 atom stereocenters. The molecule has 2 amide bonds. The van der Waals surface area contributed by atoms with E-state index in [1.54, 1.807) is 35.4 Å². The Morgan fingerprint density at radius 2 is 1.92 bits per heavy atom. The van der Waals surface area contributed by atoms with E-state index < -0.39 is 36.8 Å². The van der Waals surface area contributed by atoms with Crippen LogP contribution in [0.4, 0.5) is 18.9 Å². The number of ketones is 1. The topological polar surface area (TPSA) is 99.3 Å². The third-order valence-corrected chi connectivity index (χ3v) is 7.19. The fourth-order valence-electron chi connectivity index (χ4n) is 5.07. The maximum Gasteiger partial charge on any atom is 0.389 e. The molecule has 188 valence electrons. The molecule has 0 saturated carbocycles. The van der Waals surface area contributed by atoms with E-state index in [4.69, 9.17) is 11.6 Å². The minimum atomic E-state index is -4.45. The average Bonchev–Trinajstić information content (AvgIpc) is 3.40. The molecule has 2 aromatic heterocycles. The Hall–Kier alpha value is -3.47. The largest absolute Gasteiger partial charge is 0.389 e. The number of nitrogens with zero attached hydrogens (tertiary/aromatic N) is 4. The number of likely N-dealkylation sites (tertiary alicyclic amines) is 1. The molecule has 1 fully saturated rings. The molecule has 3 aromatic rings. The highest BCUT2D eigenvalue weighted by atomic mass is 35.5. The van der Waals surface area contributed by atoms with Crippen molar-refractivity contribution in [3.05, 3.63) is 52.8 Å². The van der Waals surface area contributed by atoms with E-state index in [9.17, 15) is 27.6 Å². The Morgan fingerprint density at radius 1 is 1.17 bits per heavy atom. The van der Waals surface area contributed by atoms with Crippen LogP contribution < -0.4 is 4.90 Å². The van der Waals surface area contributed by atoms with Gasteiger partial charge >= 0.3 is 6.18 Å². The molecule has 12 heteroatoms. The first kappa shape index (κ1) is 24.2. The second kappa shape index (κ2) is 8.88. The van der Waals surface area contributed by atoms with Crippen molar-refractivity contribution in [2.45, 2.75) is 37.3 Å². The number of carbonyl (C=O) groups is 3. The highest BCUT2D eigenvalue weighted by molar-refractivity contribution is 6.33. The fraction of sp³-hybridized carbons (Fsp3) is 0.375. The summed E-state index contributed by atoms with van der Waals surface area (Å²) in [4.78, 5) is 46.2. The average molecular weight is 520 g/mol. The Kier molecular flexibility index (Phi) is 5.98. The third-order valence-electron chi connectivity index (χ3n) is 6.88. The molecule has 1 aromatic carbocycles. The number of pyridine rings is 1. The number of Topliss-reactive ketones (excluding diaryl/α,β-unsaturated/α-hetero) is 1. The van der Waals surface area contributed by atoms with Crippen LogP contribution in [0.25, 0.3) is 11.0 Å². The number of aromatic nitrogens is 3. The fourth-order valence-corrected chi connectivity index (χ4v) is 5.42. The van der Waals surface area contributed by atoms with Crippen LogP contribution in [0, 0.1) is 0 Å². The molecule has 0 bridgehead atoms. The predicted octanol–water partition coefficient (Wildman–Crippen LogP) is 4.04. The lowest BCUT2D eigenvalue weighted by atomic mass is 9.73. The van der Waals surface area contributed by atoms with E-state index in [-0.39, 0.29) is 37.7 Å². The lowest BCUT2D eigenvalue weighted by Gasteiger charge is -2.38. The Balaban J connectivity index is 1.36. The zero-order valence-corrected chi connectivity index (χ0v) is 19.7. The molecular weight excluding hydrogens is 499 g/mol. The number of halogens is 4. The van der Waals surface area contributed by atoms with Crippen molar-refractivity contribution in [2.24, 2.45) is 0 Å². The number of hydrogen-bond acceptors (Lipinski definition) is 5. The van der Waals surface area contributed by atoms with Gasteiger partial charge in [0.2, 0.25) is 5.91 Å². The lowest BCUT2D eigenvalue weighted by Crippen LogP contribution is -2.50. The van der Waals surface area contributed by atoms with Crippen molar-refractivity contribution in [3.63, 3.8) is 0 Å². The van der Waals surface area contributed by atoms with Crippen LogP contribution in [0.5, 0.6) is 0 Å². The summed E-state index contributed by atoms with van der Waals surface area (Å²) in [5.41, 5.74) is 0.905. The van der Waals surface area contributed by atoms with E-state index >= 15 is 0 Å². The van der Waals surface area contributed by atoms with Gasteiger partial charge in [0.1, 0.15) is 0 Å². The van der Waals surface area contributed by atoms with Gasteiger partial charge in [-0.25, -0.2) is 4.98 Å². The molecule has 2 aliphatic heterocycles. The van der Waals surface area contributed by atoms with E-state index in [1.165, 1.54) is 11.1 Å². The first-order chi connectivity index (χ1) is 17.1. The molecule has 1 spiro atoms. The number of hydrogen-bond donors (Lipinski definition) is 1. The zero-order chi connectivity index (χ0) is 25.7. The predicted molar refractivity (Wildman–Crippen MR) is 125 cm³/mol. The highest BCUT2D eigenvalue weighted by Gasteiger charge is 2.53. The quantitative estimate of drug-likeness (QED) is 0.548. The molecule has 0 unspecified atom stereocenters. The van der Waals surface area contributed by atoms with Crippen LogP contribution in [0.15, 0.2) is 36.7 Å². The van der Waals surface area contributed by atoms with Gasteiger partial charge in [-0.3, -0.25) is 19.5 Å². The lowest BCUT2D eigenvalue weighted by molar-refractivity contribution is -0.142. The summed E-state index contributed by atoms with van der Waals surface area (Å²) in [7, 11) is 0. The van der Waals surface area contributed by atoms with Gasteiger partial charge < -0.3 is 9.80 Å². The number of nitrogens with one attached hydrogen (secondary N) is 1. The first-order valence-electron chi connectivity index (χ1n) is 11.4. The Bertz CT molecular complexity index is 1360. The maximum atomic E-state index is 13.7. The number of rotatable bonds is 5. The van der Waals surface area contributed by atoms with Gasteiger partial charge in [0.25, 0.3) is 5.91 Å². The minimum absolute atomic E-state index is 0.232. The van der Waals surface area contributed by atoms with Crippen molar-refractivity contribution in [1.29, 1.82) is 0 Å². The van der Waals surface area contributed by atoms with Crippen molar-refractivity contribution in [1.82, 2.24) is 20.1 Å². The van der Waals surface area contributed by atoms with E-state index in [1.807, 2.05) is 0 Å². The molecule has 4 heterocycles. The number of benzene rings is 1. The molecule has 0 radical (unpaired) electrons. The maximum absolute atomic E-state index is 13.7. The van der Waals surface area contributed by atoms with E-state index in [0.29, 0.717) is 32.9 Å². The zero-order valence-electron chi connectivity index (χ0n) is 18.9. The van der Waals surface area contributed by atoms with Crippen molar-refractivity contribution >= 4 is 45.9 Å². The molecule has 1 N–H and O–H groups in total. The highest BCUT2D eigenvalue weighted by Crippen LogP contribution is 2.51. The normalized spacial score (nSPS) is 17.2. The molecule has 2 aliphatic rings.